The summed E-state index contributed by atoms with van der Waals surface area (Å²) in [7, 11) is 0. The molecular weight excluding hydrogens is 887 g/mol. The lowest BCUT2D eigenvalue weighted by Gasteiger charge is -2.22. The highest BCUT2D eigenvalue weighted by atomic mass is 16.5. The van der Waals surface area contributed by atoms with E-state index in [4.69, 9.17) is 4.74 Å². The molecular formula is C66H127NO5. The van der Waals surface area contributed by atoms with Crippen LogP contribution in [0.5, 0.6) is 0 Å². The predicted octanol–water partition coefficient (Wildman–Crippen LogP) is 20.6. The molecule has 0 radical (unpaired) electrons. The minimum Gasteiger partial charge on any atom is -0.466 e. The Morgan fingerprint density at radius 1 is 0.375 bits per heavy atom. The fraction of sp³-hybridized carbons (Fsp3) is 0.909. The van der Waals surface area contributed by atoms with Gasteiger partial charge in [0, 0.05) is 12.8 Å². The first-order chi connectivity index (χ1) is 35.5. The number of hydrogen-bond acceptors (Lipinski definition) is 5. The molecule has 3 N–H and O–H groups in total. The second-order valence-corrected chi connectivity index (χ2v) is 22.4. The van der Waals surface area contributed by atoms with Crippen LogP contribution in [0.4, 0.5) is 0 Å². The number of esters is 1. The first kappa shape index (κ1) is 70.3. The van der Waals surface area contributed by atoms with Gasteiger partial charge in [-0.05, 0) is 77.0 Å². The number of aliphatic hydroxyl groups is 2. The SMILES string of the molecule is CCCCCC/C=C\CCCCCCCC(=O)OCCCCCCCC/C=C\CCCCCCCCCC(=O)NC(CO)C(O)CCCCCCCCCCCCCCCCCCCCCCCCCCC. The van der Waals surface area contributed by atoms with Gasteiger partial charge in [0.05, 0.1) is 25.4 Å². The molecule has 0 rings (SSSR count). The highest BCUT2D eigenvalue weighted by molar-refractivity contribution is 5.76. The maximum absolute atomic E-state index is 12.5. The Labute approximate surface area is 450 Å². The molecule has 0 aromatic heterocycles. The smallest absolute Gasteiger partial charge is 0.305 e. The third-order valence-corrected chi connectivity index (χ3v) is 15.2. The van der Waals surface area contributed by atoms with E-state index in [0.717, 1.165) is 57.8 Å². The number of amides is 1. The van der Waals surface area contributed by atoms with Gasteiger partial charge in [0.1, 0.15) is 0 Å². The summed E-state index contributed by atoms with van der Waals surface area (Å²) in [5, 5.41) is 23.4. The third-order valence-electron chi connectivity index (χ3n) is 15.2. The summed E-state index contributed by atoms with van der Waals surface area (Å²) < 4.78 is 5.46. The van der Waals surface area contributed by atoms with Crippen molar-refractivity contribution in [3.8, 4) is 0 Å². The van der Waals surface area contributed by atoms with E-state index < -0.39 is 12.1 Å². The molecule has 0 heterocycles. The molecule has 2 unspecified atom stereocenters. The summed E-state index contributed by atoms with van der Waals surface area (Å²) in [6.07, 6.45) is 76.2. The standard InChI is InChI=1S/C66H127NO5/c1-3-5-7-9-11-13-15-17-18-19-20-21-22-23-24-25-26-28-31-35-38-42-46-50-54-58-64(69)63(62-68)67-65(70)59-55-51-47-43-39-36-32-29-27-30-33-37-41-45-49-53-57-61-72-66(71)60-56-52-48-44-40-34-16-14-12-10-8-6-4-2/h14,16,27,30,63-64,68-69H,3-13,15,17-26,28-29,31-62H2,1-2H3,(H,67,70)/b16-14-,30-27-. The Hall–Kier alpha value is -1.66. The van der Waals surface area contributed by atoms with Crippen LogP contribution in [0.3, 0.4) is 0 Å². The molecule has 0 bridgehead atoms. The number of hydrogen-bond donors (Lipinski definition) is 3. The number of rotatable bonds is 61. The van der Waals surface area contributed by atoms with Crippen LogP contribution in [0.25, 0.3) is 0 Å². The molecule has 0 spiro atoms. The summed E-state index contributed by atoms with van der Waals surface area (Å²) in [5.41, 5.74) is 0. The van der Waals surface area contributed by atoms with Crippen molar-refractivity contribution in [2.75, 3.05) is 13.2 Å². The Morgan fingerprint density at radius 2 is 0.653 bits per heavy atom. The molecule has 6 nitrogen and oxygen atoms in total. The molecule has 0 aliphatic heterocycles. The molecule has 0 fully saturated rings. The maximum atomic E-state index is 12.5. The van der Waals surface area contributed by atoms with Crippen molar-refractivity contribution in [1.29, 1.82) is 0 Å². The van der Waals surface area contributed by atoms with Crippen LogP contribution in [0.15, 0.2) is 24.3 Å². The fourth-order valence-electron chi connectivity index (χ4n) is 10.2. The minimum absolute atomic E-state index is 0.0102. The molecule has 1 amide bonds. The van der Waals surface area contributed by atoms with Gasteiger partial charge < -0.3 is 20.3 Å². The Balaban J connectivity index is 3.45. The van der Waals surface area contributed by atoms with Gasteiger partial charge in [0.25, 0.3) is 0 Å². The van der Waals surface area contributed by atoms with Gasteiger partial charge in [-0.3, -0.25) is 9.59 Å². The lowest BCUT2D eigenvalue weighted by atomic mass is 10.0. The van der Waals surface area contributed by atoms with Crippen molar-refractivity contribution in [1.82, 2.24) is 5.32 Å². The van der Waals surface area contributed by atoms with Crippen molar-refractivity contribution in [3.05, 3.63) is 24.3 Å². The molecule has 6 heteroatoms. The lowest BCUT2D eigenvalue weighted by molar-refractivity contribution is -0.143. The zero-order valence-electron chi connectivity index (χ0n) is 48.7. The van der Waals surface area contributed by atoms with Gasteiger partial charge in [-0.2, -0.15) is 0 Å². The summed E-state index contributed by atoms with van der Waals surface area (Å²) in [6, 6.07) is -0.552. The van der Waals surface area contributed by atoms with E-state index in [1.54, 1.807) is 0 Å². The minimum atomic E-state index is -0.674. The van der Waals surface area contributed by atoms with Crippen LogP contribution in [0.2, 0.25) is 0 Å². The maximum Gasteiger partial charge on any atom is 0.305 e. The van der Waals surface area contributed by atoms with E-state index in [1.807, 2.05) is 0 Å². The average molecular weight is 1010 g/mol. The van der Waals surface area contributed by atoms with Crippen molar-refractivity contribution in [2.24, 2.45) is 0 Å². The molecule has 0 saturated heterocycles. The summed E-state index contributed by atoms with van der Waals surface area (Å²) >= 11 is 0. The summed E-state index contributed by atoms with van der Waals surface area (Å²) in [4.78, 5) is 24.6. The van der Waals surface area contributed by atoms with E-state index in [-0.39, 0.29) is 18.5 Å². The molecule has 0 aromatic carbocycles. The van der Waals surface area contributed by atoms with E-state index in [0.29, 0.717) is 25.9 Å². The van der Waals surface area contributed by atoms with Crippen LogP contribution in [-0.4, -0.2) is 47.4 Å². The van der Waals surface area contributed by atoms with Crippen LogP contribution in [-0.2, 0) is 14.3 Å². The Morgan fingerprint density at radius 3 is 1.00 bits per heavy atom. The molecule has 2 atom stereocenters. The first-order valence-corrected chi connectivity index (χ1v) is 32.6. The molecule has 426 valence electrons. The van der Waals surface area contributed by atoms with Gasteiger partial charge >= 0.3 is 5.97 Å². The molecule has 0 aromatic rings. The molecule has 72 heavy (non-hydrogen) atoms. The van der Waals surface area contributed by atoms with Gasteiger partial charge in [-0.1, -0.05) is 295 Å². The second kappa shape index (κ2) is 61.9. The topological polar surface area (TPSA) is 95.9 Å². The second-order valence-electron chi connectivity index (χ2n) is 22.4. The highest BCUT2D eigenvalue weighted by Crippen LogP contribution is 2.18. The molecule has 0 aliphatic rings. The summed E-state index contributed by atoms with van der Waals surface area (Å²) in [5.74, 6) is -0.0535. The number of ether oxygens (including phenoxy) is 1. The lowest BCUT2D eigenvalue weighted by Crippen LogP contribution is -2.45. The van der Waals surface area contributed by atoms with Crippen molar-refractivity contribution in [3.63, 3.8) is 0 Å². The largest absolute Gasteiger partial charge is 0.466 e. The number of carbonyl (C=O) groups is 2. The van der Waals surface area contributed by atoms with E-state index in [2.05, 4.69) is 43.5 Å². The van der Waals surface area contributed by atoms with Crippen molar-refractivity contribution in [2.45, 2.75) is 373 Å². The van der Waals surface area contributed by atoms with E-state index in [1.165, 1.54) is 270 Å². The van der Waals surface area contributed by atoms with Crippen molar-refractivity contribution >= 4 is 11.9 Å². The Bertz CT molecular complexity index is 1120. The van der Waals surface area contributed by atoms with Gasteiger partial charge in [0.15, 0.2) is 0 Å². The zero-order chi connectivity index (χ0) is 52.2. The van der Waals surface area contributed by atoms with Crippen LogP contribution in [0.1, 0.15) is 361 Å². The Kier molecular flexibility index (Phi) is 60.5. The zero-order valence-corrected chi connectivity index (χ0v) is 48.7. The van der Waals surface area contributed by atoms with Gasteiger partial charge in [-0.15, -0.1) is 0 Å². The quantitative estimate of drug-likeness (QED) is 0.0320. The fourth-order valence-corrected chi connectivity index (χ4v) is 10.2. The van der Waals surface area contributed by atoms with Crippen LogP contribution >= 0.6 is 0 Å². The van der Waals surface area contributed by atoms with Crippen LogP contribution in [0, 0.1) is 0 Å². The number of carbonyl (C=O) groups excluding carboxylic acids is 2. The number of aliphatic hydroxyl groups excluding tert-OH is 2. The predicted molar refractivity (Wildman–Crippen MR) is 315 cm³/mol. The van der Waals surface area contributed by atoms with E-state index in [9.17, 15) is 19.8 Å². The summed E-state index contributed by atoms with van der Waals surface area (Å²) in [6.45, 7) is 4.94. The van der Waals surface area contributed by atoms with Gasteiger partial charge in [-0.25, -0.2) is 0 Å². The number of nitrogens with one attached hydrogen (secondary N) is 1. The molecule has 0 aliphatic carbocycles. The van der Waals surface area contributed by atoms with E-state index >= 15 is 0 Å². The monoisotopic (exact) mass is 1010 g/mol. The number of allylic oxidation sites excluding steroid dienone is 4. The van der Waals surface area contributed by atoms with Gasteiger partial charge in [0.2, 0.25) is 5.91 Å². The first-order valence-electron chi connectivity index (χ1n) is 32.6. The third kappa shape index (κ3) is 57.6. The highest BCUT2D eigenvalue weighted by Gasteiger charge is 2.20. The molecule has 0 saturated carbocycles. The normalized spacial score (nSPS) is 12.7. The average Bonchev–Trinajstić information content (AvgIpc) is 3.38. The van der Waals surface area contributed by atoms with Crippen molar-refractivity contribution < 1.29 is 24.5 Å². The number of unbranched alkanes of at least 4 members (excludes halogenated alkanes) is 46. The van der Waals surface area contributed by atoms with Crippen LogP contribution < -0.4 is 5.32 Å².